The molecule has 2 aromatic heterocycles. The maximum Gasteiger partial charge on any atom is 0.226 e. The number of nitrogens with one attached hydrogen (secondary N) is 3. The average molecular weight is 305 g/mol. The zero-order valence-electron chi connectivity index (χ0n) is 10.1. The Kier molecular flexibility index (Phi) is 4.17. The number of H-pyrrole nitrogens is 1. The molecule has 2 heterocycles. The molecule has 0 aliphatic heterocycles. The van der Waals surface area contributed by atoms with Gasteiger partial charge in [-0.3, -0.25) is 5.10 Å². The summed E-state index contributed by atoms with van der Waals surface area (Å²) in [5.41, 5.74) is 0.553. The first-order chi connectivity index (χ1) is 8.96. The second-order valence-corrected chi connectivity index (χ2v) is 6.09. The van der Waals surface area contributed by atoms with Crippen LogP contribution in [0.2, 0.25) is 5.28 Å². The van der Waals surface area contributed by atoms with E-state index in [-0.39, 0.29) is 5.28 Å². The highest BCUT2D eigenvalue weighted by Gasteiger charge is 2.07. The second kappa shape index (κ2) is 5.68. The Bertz CT molecular complexity index is 670. The predicted molar refractivity (Wildman–Crippen MR) is 72.6 cm³/mol. The SMILES string of the molecule is CS(=O)(=O)NCCCNc1nc(Cl)nc2[nH]ncc12. The summed E-state index contributed by atoms with van der Waals surface area (Å²) in [5.74, 6) is 0.572. The summed E-state index contributed by atoms with van der Waals surface area (Å²) in [6.07, 6.45) is 3.34. The van der Waals surface area contributed by atoms with Crippen LogP contribution in [0.25, 0.3) is 11.0 Å². The number of fused-ring (bicyclic) bond motifs is 1. The van der Waals surface area contributed by atoms with E-state index < -0.39 is 10.0 Å². The van der Waals surface area contributed by atoms with Crippen molar-refractivity contribution in [1.29, 1.82) is 0 Å². The minimum absolute atomic E-state index is 0.119. The Balaban J connectivity index is 1.93. The summed E-state index contributed by atoms with van der Waals surface area (Å²) in [7, 11) is -3.14. The third-order valence-electron chi connectivity index (χ3n) is 2.29. The van der Waals surface area contributed by atoms with E-state index in [0.717, 1.165) is 11.6 Å². The number of rotatable bonds is 6. The lowest BCUT2D eigenvalue weighted by molar-refractivity contribution is 0.586. The van der Waals surface area contributed by atoms with Gasteiger partial charge in [-0.05, 0) is 18.0 Å². The van der Waals surface area contributed by atoms with Gasteiger partial charge in [-0.1, -0.05) is 0 Å². The van der Waals surface area contributed by atoms with Crippen LogP contribution in [0.15, 0.2) is 6.20 Å². The lowest BCUT2D eigenvalue weighted by Gasteiger charge is -2.06. The van der Waals surface area contributed by atoms with Crippen molar-refractivity contribution in [2.45, 2.75) is 6.42 Å². The van der Waals surface area contributed by atoms with Crippen molar-refractivity contribution in [2.75, 3.05) is 24.7 Å². The fourth-order valence-corrected chi connectivity index (χ4v) is 2.18. The van der Waals surface area contributed by atoms with Gasteiger partial charge in [-0.25, -0.2) is 13.1 Å². The molecule has 0 aliphatic rings. The van der Waals surface area contributed by atoms with Gasteiger partial charge in [0, 0.05) is 13.1 Å². The van der Waals surface area contributed by atoms with Crippen LogP contribution < -0.4 is 10.0 Å². The average Bonchev–Trinajstić information content (AvgIpc) is 2.74. The van der Waals surface area contributed by atoms with Gasteiger partial charge in [0.15, 0.2) is 5.65 Å². The Morgan fingerprint density at radius 2 is 2.16 bits per heavy atom. The van der Waals surface area contributed by atoms with Crippen LogP contribution in [0.3, 0.4) is 0 Å². The van der Waals surface area contributed by atoms with E-state index in [1.54, 1.807) is 6.20 Å². The number of aromatic amines is 1. The molecule has 0 unspecified atom stereocenters. The van der Waals surface area contributed by atoms with Gasteiger partial charge in [-0.15, -0.1) is 0 Å². The molecule has 10 heteroatoms. The van der Waals surface area contributed by atoms with E-state index >= 15 is 0 Å². The van der Waals surface area contributed by atoms with Crippen LogP contribution in [-0.4, -0.2) is 47.9 Å². The maximum atomic E-state index is 10.9. The van der Waals surface area contributed by atoms with Crippen LogP contribution >= 0.6 is 11.6 Å². The first kappa shape index (κ1) is 14.0. The van der Waals surface area contributed by atoms with Crippen molar-refractivity contribution >= 4 is 38.5 Å². The normalized spacial score (nSPS) is 11.9. The molecule has 0 spiro atoms. The molecule has 0 bridgehead atoms. The first-order valence-corrected chi connectivity index (χ1v) is 7.78. The van der Waals surface area contributed by atoms with Crippen LogP contribution in [0.5, 0.6) is 0 Å². The molecule has 0 atom stereocenters. The van der Waals surface area contributed by atoms with Crippen LogP contribution in [-0.2, 0) is 10.0 Å². The zero-order chi connectivity index (χ0) is 13.9. The molecule has 8 nitrogen and oxygen atoms in total. The van der Waals surface area contributed by atoms with Gasteiger partial charge in [0.05, 0.1) is 17.8 Å². The van der Waals surface area contributed by atoms with E-state index in [0.29, 0.717) is 31.0 Å². The van der Waals surface area contributed by atoms with Gasteiger partial charge >= 0.3 is 0 Å². The number of halogens is 1. The number of hydrogen-bond donors (Lipinski definition) is 3. The highest BCUT2D eigenvalue weighted by molar-refractivity contribution is 7.88. The summed E-state index contributed by atoms with van der Waals surface area (Å²) in [6.45, 7) is 0.912. The molecule has 0 aliphatic carbocycles. The summed E-state index contributed by atoms with van der Waals surface area (Å²) >= 11 is 5.78. The number of aromatic nitrogens is 4. The molecule has 2 aromatic rings. The van der Waals surface area contributed by atoms with Gasteiger partial charge in [0.1, 0.15) is 5.82 Å². The van der Waals surface area contributed by atoms with Crippen molar-refractivity contribution in [3.63, 3.8) is 0 Å². The van der Waals surface area contributed by atoms with Gasteiger partial charge in [-0.2, -0.15) is 15.1 Å². The van der Waals surface area contributed by atoms with Crippen molar-refractivity contribution in [3.8, 4) is 0 Å². The van der Waals surface area contributed by atoms with Crippen LogP contribution in [0, 0.1) is 0 Å². The Labute approximate surface area is 115 Å². The van der Waals surface area contributed by atoms with Crippen LogP contribution in [0.4, 0.5) is 5.82 Å². The molecule has 0 saturated carbocycles. The van der Waals surface area contributed by atoms with Crippen molar-refractivity contribution < 1.29 is 8.42 Å². The number of sulfonamides is 1. The highest BCUT2D eigenvalue weighted by Crippen LogP contribution is 2.19. The van der Waals surface area contributed by atoms with E-state index in [1.807, 2.05) is 0 Å². The largest absolute Gasteiger partial charge is 0.369 e. The smallest absolute Gasteiger partial charge is 0.226 e. The Hall–Kier alpha value is -1.45. The Morgan fingerprint density at radius 1 is 1.37 bits per heavy atom. The molecule has 2 rings (SSSR count). The van der Waals surface area contributed by atoms with E-state index in [9.17, 15) is 8.42 Å². The Morgan fingerprint density at radius 3 is 2.89 bits per heavy atom. The topological polar surface area (TPSA) is 113 Å². The predicted octanol–water partition coefficient (Wildman–Crippen LogP) is 0.357. The third-order valence-corrected chi connectivity index (χ3v) is 3.19. The molecule has 104 valence electrons. The molecule has 0 amide bonds. The molecular weight excluding hydrogens is 292 g/mol. The second-order valence-electron chi connectivity index (χ2n) is 3.92. The van der Waals surface area contributed by atoms with Gasteiger partial charge in [0.25, 0.3) is 0 Å². The van der Waals surface area contributed by atoms with Crippen molar-refractivity contribution in [3.05, 3.63) is 11.5 Å². The molecule has 0 saturated heterocycles. The number of anilines is 1. The first-order valence-electron chi connectivity index (χ1n) is 5.51. The molecule has 19 heavy (non-hydrogen) atoms. The molecule has 0 aromatic carbocycles. The molecule has 3 N–H and O–H groups in total. The zero-order valence-corrected chi connectivity index (χ0v) is 11.7. The summed E-state index contributed by atoms with van der Waals surface area (Å²) in [4.78, 5) is 8.04. The summed E-state index contributed by atoms with van der Waals surface area (Å²) in [6, 6.07) is 0. The minimum atomic E-state index is -3.14. The lowest BCUT2D eigenvalue weighted by Crippen LogP contribution is -2.24. The quantitative estimate of drug-likeness (QED) is 0.524. The standard InChI is InChI=1S/C9H13ClN6O2S/c1-19(17,18)13-4-2-3-11-7-6-5-12-16-8(6)15-9(10)14-7/h5,13H,2-4H2,1H3,(H2,11,12,14,15,16). The molecule has 0 fully saturated rings. The van der Waals surface area contributed by atoms with Crippen molar-refractivity contribution in [1.82, 2.24) is 24.9 Å². The van der Waals surface area contributed by atoms with Gasteiger partial charge in [0.2, 0.25) is 15.3 Å². The summed E-state index contributed by atoms with van der Waals surface area (Å²) < 4.78 is 24.1. The van der Waals surface area contributed by atoms with Gasteiger partial charge < -0.3 is 5.32 Å². The highest BCUT2D eigenvalue weighted by atomic mass is 35.5. The summed E-state index contributed by atoms with van der Waals surface area (Å²) in [5, 5.41) is 10.5. The van der Waals surface area contributed by atoms with Crippen molar-refractivity contribution in [2.24, 2.45) is 0 Å². The van der Waals surface area contributed by atoms with Crippen LogP contribution in [0.1, 0.15) is 6.42 Å². The monoisotopic (exact) mass is 304 g/mol. The molecular formula is C9H13ClN6O2S. The van der Waals surface area contributed by atoms with E-state index in [2.05, 4.69) is 30.2 Å². The maximum absolute atomic E-state index is 10.9. The fourth-order valence-electron chi connectivity index (χ4n) is 1.50. The lowest BCUT2D eigenvalue weighted by atomic mass is 10.3. The number of nitrogens with zero attached hydrogens (tertiary/aromatic N) is 3. The minimum Gasteiger partial charge on any atom is -0.369 e. The fraction of sp³-hybridized carbons (Fsp3) is 0.444. The van der Waals surface area contributed by atoms with E-state index in [4.69, 9.17) is 11.6 Å². The third kappa shape index (κ3) is 4.01. The van der Waals surface area contributed by atoms with E-state index in [1.165, 1.54) is 0 Å². The number of hydrogen-bond acceptors (Lipinski definition) is 6. The molecule has 0 radical (unpaired) electrons.